The van der Waals surface area contributed by atoms with Crippen molar-refractivity contribution in [3.63, 3.8) is 0 Å². The lowest BCUT2D eigenvalue weighted by atomic mass is 10.2. The first kappa shape index (κ1) is 14.7. The fourth-order valence-electron chi connectivity index (χ4n) is 1.03. The monoisotopic (exact) mass is 305 g/mol. The first-order chi connectivity index (χ1) is 6.99. The van der Waals surface area contributed by atoms with Gasteiger partial charge < -0.3 is 17.2 Å². The van der Waals surface area contributed by atoms with Gasteiger partial charge in [0.1, 0.15) is 0 Å². The Hall–Kier alpha value is -1.27. The zero-order valence-corrected chi connectivity index (χ0v) is 11.0. The van der Waals surface area contributed by atoms with E-state index in [4.69, 9.17) is 17.2 Å². The second-order valence-electron chi connectivity index (χ2n) is 2.94. The van der Waals surface area contributed by atoms with Gasteiger partial charge in [0.05, 0.1) is 5.69 Å². The molecule has 16 heavy (non-hydrogen) atoms. The molecular weight excluding hydrogens is 293 g/mol. The zero-order chi connectivity index (χ0) is 11.4. The molecule has 0 amide bonds. The van der Waals surface area contributed by atoms with Gasteiger partial charge in [-0.3, -0.25) is 0 Å². The van der Waals surface area contributed by atoms with E-state index in [-0.39, 0.29) is 24.3 Å². The molecule has 0 heterocycles. The summed E-state index contributed by atoms with van der Waals surface area (Å²) in [4.78, 5) is 7.69. The average Bonchev–Trinajstić information content (AvgIpc) is 2.08. The number of nitrogens with zero attached hydrogens (tertiary/aromatic N) is 2. The van der Waals surface area contributed by atoms with Crippen molar-refractivity contribution >= 4 is 45.9 Å². The fourth-order valence-corrected chi connectivity index (χ4v) is 1.50. The average molecular weight is 307 g/mol. The van der Waals surface area contributed by atoms with Crippen molar-refractivity contribution in [2.45, 2.75) is 6.92 Å². The summed E-state index contributed by atoms with van der Waals surface area (Å²) in [6.45, 7) is 1.92. The lowest BCUT2D eigenvalue weighted by Crippen LogP contribution is -2.26. The van der Waals surface area contributed by atoms with Crippen LogP contribution in [0, 0.1) is 6.92 Å². The second kappa shape index (κ2) is 6.34. The van der Waals surface area contributed by atoms with Crippen molar-refractivity contribution in [3.05, 3.63) is 28.2 Å². The van der Waals surface area contributed by atoms with E-state index in [1.165, 1.54) is 0 Å². The van der Waals surface area contributed by atoms with E-state index in [1.807, 2.05) is 25.1 Å². The Bertz CT molecular complexity index is 426. The number of hydrogen-bond acceptors (Lipinski definition) is 1. The molecule has 0 aliphatic rings. The molecule has 6 N–H and O–H groups in total. The van der Waals surface area contributed by atoms with E-state index in [2.05, 4.69) is 25.9 Å². The Labute approximate surface area is 108 Å². The van der Waals surface area contributed by atoms with Crippen LogP contribution >= 0.6 is 28.3 Å². The van der Waals surface area contributed by atoms with Gasteiger partial charge in [-0.25, -0.2) is 4.99 Å². The molecular formula is C9H13BrClN5. The molecule has 0 aliphatic heterocycles. The predicted octanol–water partition coefficient (Wildman–Crippen LogP) is 1.40. The minimum absolute atomic E-state index is 0. The summed E-state index contributed by atoms with van der Waals surface area (Å²) in [5.41, 5.74) is 17.6. The van der Waals surface area contributed by atoms with Gasteiger partial charge in [-0.05, 0) is 30.7 Å². The number of aliphatic imine (C=N–C) groups is 2. The molecule has 0 atom stereocenters. The van der Waals surface area contributed by atoms with Crippen molar-refractivity contribution in [2.24, 2.45) is 27.2 Å². The number of rotatable bonds is 1. The van der Waals surface area contributed by atoms with Crippen molar-refractivity contribution in [3.8, 4) is 0 Å². The highest BCUT2D eigenvalue weighted by molar-refractivity contribution is 9.10. The Morgan fingerprint density at radius 3 is 2.38 bits per heavy atom. The highest BCUT2D eigenvalue weighted by atomic mass is 79.9. The molecule has 0 unspecified atom stereocenters. The molecule has 0 aliphatic carbocycles. The van der Waals surface area contributed by atoms with Crippen molar-refractivity contribution in [2.75, 3.05) is 0 Å². The Morgan fingerprint density at radius 2 is 1.88 bits per heavy atom. The summed E-state index contributed by atoms with van der Waals surface area (Å²) >= 11 is 3.36. The zero-order valence-electron chi connectivity index (χ0n) is 8.64. The van der Waals surface area contributed by atoms with Gasteiger partial charge >= 0.3 is 0 Å². The number of hydrogen-bond donors (Lipinski definition) is 3. The van der Waals surface area contributed by atoms with Crippen LogP contribution in [0.1, 0.15) is 5.56 Å². The lowest BCUT2D eigenvalue weighted by Gasteiger charge is -2.01. The number of benzene rings is 1. The van der Waals surface area contributed by atoms with Crippen LogP contribution in [0.4, 0.5) is 5.69 Å². The van der Waals surface area contributed by atoms with Crippen LogP contribution in [0.2, 0.25) is 0 Å². The van der Waals surface area contributed by atoms with Crippen LogP contribution in [0.5, 0.6) is 0 Å². The van der Waals surface area contributed by atoms with Gasteiger partial charge in [0.2, 0.25) is 5.96 Å². The maximum Gasteiger partial charge on any atom is 0.223 e. The second-order valence-corrected chi connectivity index (χ2v) is 3.85. The largest absolute Gasteiger partial charge is 0.370 e. The number of halogens is 2. The van der Waals surface area contributed by atoms with Crippen LogP contribution in [-0.4, -0.2) is 11.9 Å². The molecule has 0 saturated carbocycles. The van der Waals surface area contributed by atoms with Gasteiger partial charge in [-0.2, -0.15) is 4.99 Å². The topological polar surface area (TPSA) is 103 Å². The van der Waals surface area contributed by atoms with Crippen molar-refractivity contribution in [1.82, 2.24) is 0 Å². The molecule has 88 valence electrons. The van der Waals surface area contributed by atoms with E-state index < -0.39 is 0 Å². The summed E-state index contributed by atoms with van der Waals surface area (Å²) in [6.07, 6.45) is 0. The van der Waals surface area contributed by atoms with E-state index in [9.17, 15) is 0 Å². The van der Waals surface area contributed by atoms with Gasteiger partial charge in [0.15, 0.2) is 5.96 Å². The number of guanidine groups is 2. The highest BCUT2D eigenvalue weighted by Gasteiger charge is 1.98. The Balaban J connectivity index is 0.00000225. The maximum atomic E-state index is 5.50. The normalized spacial score (nSPS) is 10.5. The van der Waals surface area contributed by atoms with Gasteiger partial charge in [-0.1, -0.05) is 15.9 Å². The third kappa shape index (κ3) is 4.50. The Morgan fingerprint density at radius 1 is 1.25 bits per heavy atom. The predicted molar refractivity (Wildman–Crippen MR) is 73.2 cm³/mol. The summed E-state index contributed by atoms with van der Waals surface area (Å²) in [5.74, 6) is -0.0635. The van der Waals surface area contributed by atoms with E-state index >= 15 is 0 Å². The molecule has 5 nitrogen and oxygen atoms in total. The number of aryl methyl sites for hydroxylation is 1. The molecule has 1 rings (SSSR count). The standard InChI is InChI=1S/C9H12BrN5.ClH/c1-5-4-6(10)2-3-7(5)14-9(13)15-8(11)12;/h2-4H,1H3,(H6,11,12,13,14,15);1H. The first-order valence-electron chi connectivity index (χ1n) is 4.19. The summed E-state index contributed by atoms with van der Waals surface area (Å²) in [6, 6.07) is 5.63. The molecule has 7 heteroatoms. The molecule has 0 saturated heterocycles. The molecule has 0 aromatic heterocycles. The molecule has 1 aromatic carbocycles. The summed E-state index contributed by atoms with van der Waals surface area (Å²) < 4.78 is 0.986. The van der Waals surface area contributed by atoms with Gasteiger partial charge in [0, 0.05) is 4.47 Å². The quantitative estimate of drug-likeness (QED) is 0.539. The SMILES string of the molecule is Cc1cc(Br)ccc1N=C(N)N=C(N)N.Cl. The van der Waals surface area contributed by atoms with Crippen LogP contribution in [-0.2, 0) is 0 Å². The minimum Gasteiger partial charge on any atom is -0.370 e. The van der Waals surface area contributed by atoms with Crippen LogP contribution in [0.15, 0.2) is 32.7 Å². The van der Waals surface area contributed by atoms with Gasteiger partial charge in [-0.15, -0.1) is 12.4 Å². The third-order valence-electron chi connectivity index (χ3n) is 1.64. The molecule has 0 radical (unpaired) electrons. The Kier molecular flexibility index (Phi) is 5.84. The third-order valence-corrected chi connectivity index (χ3v) is 2.13. The molecule has 0 spiro atoms. The molecule has 0 bridgehead atoms. The highest BCUT2D eigenvalue weighted by Crippen LogP contribution is 2.22. The first-order valence-corrected chi connectivity index (χ1v) is 4.98. The van der Waals surface area contributed by atoms with Crippen LogP contribution in [0.3, 0.4) is 0 Å². The smallest absolute Gasteiger partial charge is 0.223 e. The van der Waals surface area contributed by atoms with Crippen molar-refractivity contribution in [1.29, 1.82) is 0 Å². The van der Waals surface area contributed by atoms with E-state index in [0.717, 1.165) is 15.7 Å². The van der Waals surface area contributed by atoms with Crippen LogP contribution < -0.4 is 17.2 Å². The minimum atomic E-state index is -0.106. The van der Waals surface area contributed by atoms with E-state index in [0.29, 0.717) is 0 Å². The lowest BCUT2D eigenvalue weighted by molar-refractivity contribution is 1.34. The van der Waals surface area contributed by atoms with E-state index in [1.54, 1.807) is 0 Å². The maximum absolute atomic E-state index is 5.50. The molecule has 0 fully saturated rings. The van der Waals surface area contributed by atoms with Crippen molar-refractivity contribution < 1.29 is 0 Å². The fraction of sp³-hybridized carbons (Fsp3) is 0.111. The van der Waals surface area contributed by atoms with Gasteiger partial charge in [0.25, 0.3) is 0 Å². The summed E-state index contributed by atoms with van der Waals surface area (Å²) in [5, 5.41) is 0. The number of nitrogens with two attached hydrogens (primary N) is 3. The van der Waals surface area contributed by atoms with Crippen LogP contribution in [0.25, 0.3) is 0 Å². The summed E-state index contributed by atoms with van der Waals surface area (Å²) in [7, 11) is 0. The molecule has 1 aromatic rings.